The lowest BCUT2D eigenvalue weighted by Gasteiger charge is -2.00. The van der Waals surface area contributed by atoms with Gasteiger partial charge in [0.25, 0.3) is 5.69 Å². The topological polar surface area (TPSA) is 75.7 Å². The third kappa shape index (κ3) is 2.00. The third-order valence-electron chi connectivity index (χ3n) is 1.73. The maximum absolute atomic E-state index is 10.5. The first-order valence-corrected chi connectivity index (χ1v) is 4.06. The van der Waals surface area contributed by atoms with Gasteiger partial charge in [-0.15, -0.1) is 0 Å². The largest absolute Gasteiger partial charge is 0.411 e. The summed E-state index contributed by atoms with van der Waals surface area (Å²) in [6, 6.07) is 2.72. The van der Waals surface area contributed by atoms with Gasteiger partial charge in [0.2, 0.25) is 0 Å². The van der Waals surface area contributed by atoms with E-state index in [1.54, 1.807) is 6.92 Å². The molecule has 0 amide bonds. The summed E-state index contributed by atoms with van der Waals surface area (Å²) in [6.45, 7) is 1.67. The van der Waals surface area contributed by atoms with E-state index in [0.717, 1.165) is 0 Å². The van der Waals surface area contributed by atoms with Gasteiger partial charge in [0.05, 0.1) is 11.1 Å². The minimum absolute atomic E-state index is 0.0236. The average molecular weight is 215 g/mol. The lowest BCUT2D eigenvalue weighted by atomic mass is 10.1. The van der Waals surface area contributed by atoms with Crippen molar-refractivity contribution in [1.29, 1.82) is 0 Å². The van der Waals surface area contributed by atoms with Gasteiger partial charge in [-0.3, -0.25) is 10.1 Å². The Bertz CT molecular complexity index is 404. The molecule has 74 valence electrons. The highest BCUT2D eigenvalue weighted by molar-refractivity contribution is 6.33. The Kier molecular flexibility index (Phi) is 3.03. The van der Waals surface area contributed by atoms with Crippen molar-refractivity contribution in [1.82, 2.24) is 0 Å². The predicted molar refractivity (Wildman–Crippen MR) is 52.2 cm³/mol. The Morgan fingerprint density at radius 2 is 2.29 bits per heavy atom. The summed E-state index contributed by atoms with van der Waals surface area (Å²) in [5, 5.41) is 21.6. The highest BCUT2D eigenvalue weighted by atomic mass is 35.5. The van der Waals surface area contributed by atoms with E-state index in [-0.39, 0.29) is 10.7 Å². The number of benzene rings is 1. The fourth-order valence-corrected chi connectivity index (χ4v) is 1.26. The molecule has 0 aromatic heterocycles. The van der Waals surface area contributed by atoms with Crippen LogP contribution in [0.3, 0.4) is 0 Å². The molecule has 0 aliphatic carbocycles. The van der Waals surface area contributed by atoms with Crippen LogP contribution >= 0.6 is 11.6 Å². The first-order chi connectivity index (χ1) is 6.56. The molecular weight excluding hydrogens is 208 g/mol. The normalized spacial score (nSPS) is 10.7. The highest BCUT2D eigenvalue weighted by Gasteiger charge is 2.13. The fraction of sp³-hybridized carbons (Fsp3) is 0.125. The molecule has 0 aliphatic rings. The monoisotopic (exact) mass is 214 g/mol. The molecule has 1 N–H and O–H groups in total. The summed E-state index contributed by atoms with van der Waals surface area (Å²) in [4.78, 5) is 9.92. The van der Waals surface area contributed by atoms with Gasteiger partial charge in [0.15, 0.2) is 0 Å². The molecule has 6 heteroatoms. The van der Waals surface area contributed by atoms with Crippen LogP contribution in [0.1, 0.15) is 11.1 Å². The van der Waals surface area contributed by atoms with E-state index in [9.17, 15) is 10.1 Å². The zero-order valence-corrected chi connectivity index (χ0v) is 8.02. The molecule has 0 unspecified atom stereocenters. The van der Waals surface area contributed by atoms with Gasteiger partial charge in [-0.05, 0) is 18.6 Å². The molecule has 0 radical (unpaired) electrons. The lowest BCUT2D eigenvalue weighted by Crippen LogP contribution is -1.94. The second-order valence-electron chi connectivity index (χ2n) is 2.66. The molecule has 0 saturated heterocycles. The van der Waals surface area contributed by atoms with Crippen molar-refractivity contribution in [3.05, 3.63) is 38.4 Å². The van der Waals surface area contributed by atoms with E-state index < -0.39 is 4.92 Å². The van der Waals surface area contributed by atoms with Crippen molar-refractivity contribution in [3.63, 3.8) is 0 Å². The van der Waals surface area contributed by atoms with Crippen molar-refractivity contribution in [3.8, 4) is 0 Å². The summed E-state index contributed by atoms with van der Waals surface area (Å²) in [5.74, 6) is 0. The average Bonchev–Trinajstić information content (AvgIpc) is 2.10. The summed E-state index contributed by atoms with van der Waals surface area (Å²) >= 11 is 5.65. The SMILES string of the molecule is Cc1cc([N+](=O)[O-])c(Cl)cc1C=NO. The molecule has 0 spiro atoms. The van der Waals surface area contributed by atoms with Gasteiger partial charge >= 0.3 is 0 Å². The van der Waals surface area contributed by atoms with Crippen LogP contribution in [0, 0.1) is 17.0 Å². The lowest BCUT2D eigenvalue weighted by molar-refractivity contribution is -0.384. The zero-order valence-electron chi connectivity index (χ0n) is 7.27. The fourth-order valence-electron chi connectivity index (χ4n) is 1.02. The molecule has 1 aromatic carbocycles. The minimum atomic E-state index is -0.560. The highest BCUT2D eigenvalue weighted by Crippen LogP contribution is 2.26. The third-order valence-corrected chi connectivity index (χ3v) is 2.03. The molecular formula is C8H7ClN2O3. The van der Waals surface area contributed by atoms with Gasteiger partial charge < -0.3 is 5.21 Å². The molecule has 0 aliphatic heterocycles. The summed E-state index contributed by atoms with van der Waals surface area (Å²) in [6.07, 6.45) is 1.17. The van der Waals surface area contributed by atoms with E-state index in [1.165, 1.54) is 18.3 Å². The van der Waals surface area contributed by atoms with Gasteiger partial charge in [-0.2, -0.15) is 0 Å². The van der Waals surface area contributed by atoms with Crippen LogP contribution in [0.25, 0.3) is 0 Å². The maximum Gasteiger partial charge on any atom is 0.288 e. The van der Waals surface area contributed by atoms with E-state index >= 15 is 0 Å². The second kappa shape index (κ2) is 4.06. The summed E-state index contributed by atoms with van der Waals surface area (Å²) in [7, 11) is 0. The van der Waals surface area contributed by atoms with Crippen LogP contribution in [0.5, 0.6) is 0 Å². The Morgan fingerprint density at radius 1 is 1.64 bits per heavy atom. The molecule has 0 saturated carbocycles. The number of aryl methyl sites for hydroxylation is 1. The first-order valence-electron chi connectivity index (χ1n) is 3.68. The van der Waals surface area contributed by atoms with Crippen LogP contribution < -0.4 is 0 Å². The molecule has 0 heterocycles. The van der Waals surface area contributed by atoms with Crippen LogP contribution in [-0.2, 0) is 0 Å². The number of halogens is 1. The van der Waals surface area contributed by atoms with E-state index in [2.05, 4.69) is 5.16 Å². The van der Waals surface area contributed by atoms with E-state index in [4.69, 9.17) is 16.8 Å². The van der Waals surface area contributed by atoms with Crippen LogP contribution in [-0.4, -0.2) is 16.3 Å². The van der Waals surface area contributed by atoms with E-state index in [1.807, 2.05) is 0 Å². The Labute approximate surface area is 84.8 Å². The first kappa shape index (κ1) is 10.5. The van der Waals surface area contributed by atoms with Crippen LogP contribution in [0.15, 0.2) is 17.3 Å². The van der Waals surface area contributed by atoms with Gasteiger partial charge in [0.1, 0.15) is 5.02 Å². The number of hydrogen-bond donors (Lipinski definition) is 1. The van der Waals surface area contributed by atoms with Crippen molar-refractivity contribution >= 4 is 23.5 Å². The molecule has 0 fully saturated rings. The molecule has 5 nitrogen and oxygen atoms in total. The predicted octanol–water partition coefficient (Wildman–Crippen LogP) is 2.36. The molecule has 0 atom stereocenters. The Morgan fingerprint density at radius 3 is 2.79 bits per heavy atom. The molecule has 1 aromatic rings. The number of oxime groups is 1. The Balaban J connectivity index is 3.30. The van der Waals surface area contributed by atoms with Crippen LogP contribution in [0.4, 0.5) is 5.69 Å². The maximum atomic E-state index is 10.5. The van der Waals surface area contributed by atoms with Gasteiger partial charge in [0, 0.05) is 11.6 Å². The van der Waals surface area contributed by atoms with Gasteiger partial charge in [-0.25, -0.2) is 0 Å². The number of hydrogen-bond acceptors (Lipinski definition) is 4. The quantitative estimate of drug-likeness (QED) is 0.355. The standard InChI is InChI=1S/C8H7ClN2O3/c1-5-2-8(11(13)14)7(9)3-6(5)4-10-12/h2-4,12H,1H3. The number of nitro groups is 1. The van der Waals surface area contributed by atoms with Crippen molar-refractivity contribution in [2.45, 2.75) is 6.92 Å². The van der Waals surface area contributed by atoms with Crippen molar-refractivity contribution < 1.29 is 10.1 Å². The van der Waals surface area contributed by atoms with Crippen LogP contribution in [0.2, 0.25) is 5.02 Å². The summed E-state index contributed by atoms with van der Waals surface area (Å²) in [5.41, 5.74) is 1.02. The minimum Gasteiger partial charge on any atom is -0.411 e. The second-order valence-corrected chi connectivity index (χ2v) is 3.07. The Hall–Kier alpha value is -1.62. The molecule has 0 bridgehead atoms. The molecule has 14 heavy (non-hydrogen) atoms. The number of rotatable bonds is 2. The van der Waals surface area contributed by atoms with E-state index in [0.29, 0.717) is 11.1 Å². The smallest absolute Gasteiger partial charge is 0.288 e. The summed E-state index contributed by atoms with van der Waals surface area (Å²) < 4.78 is 0. The zero-order chi connectivity index (χ0) is 10.7. The van der Waals surface area contributed by atoms with Crippen molar-refractivity contribution in [2.75, 3.05) is 0 Å². The number of nitro benzene ring substituents is 1. The van der Waals surface area contributed by atoms with Gasteiger partial charge in [-0.1, -0.05) is 16.8 Å². The number of nitrogens with zero attached hydrogens (tertiary/aromatic N) is 2. The van der Waals surface area contributed by atoms with Crippen molar-refractivity contribution in [2.24, 2.45) is 5.16 Å². The molecule has 1 rings (SSSR count).